The molecule has 0 bridgehead atoms. The van der Waals surface area contributed by atoms with E-state index in [0.29, 0.717) is 22.6 Å². The number of benzene rings is 1. The smallest absolute Gasteiger partial charge is 0.256 e. The molecule has 24 heavy (non-hydrogen) atoms. The molecule has 2 heterocycles. The van der Waals surface area contributed by atoms with E-state index in [1.807, 2.05) is 36.4 Å². The van der Waals surface area contributed by atoms with Crippen LogP contribution in [0, 0.1) is 13.8 Å². The van der Waals surface area contributed by atoms with Crippen molar-refractivity contribution in [3.05, 3.63) is 65.2 Å². The van der Waals surface area contributed by atoms with Gasteiger partial charge < -0.3 is 19.4 Å². The normalized spacial score (nSPS) is 12.1. The lowest BCUT2D eigenvalue weighted by Crippen LogP contribution is -2.29. The molecule has 3 aromatic rings. The van der Waals surface area contributed by atoms with Gasteiger partial charge in [-0.25, -0.2) is 0 Å². The third-order valence-corrected chi connectivity index (χ3v) is 3.82. The number of nitrogens with zero attached hydrogens (tertiary/aromatic N) is 1. The molecular formula is C18H18N2O4. The molecule has 0 saturated carbocycles. The average molecular weight is 326 g/mol. The number of nitrogens with one attached hydrogen (secondary N) is 1. The molecule has 124 valence electrons. The molecular weight excluding hydrogens is 308 g/mol. The fourth-order valence-corrected chi connectivity index (χ4v) is 2.52. The minimum atomic E-state index is -0.805. The maximum absolute atomic E-state index is 12.2. The molecule has 1 amide bonds. The summed E-state index contributed by atoms with van der Waals surface area (Å²) in [6.07, 6.45) is 0.808. The number of carbonyl (C=O) groups is 1. The molecule has 0 radical (unpaired) electrons. The quantitative estimate of drug-likeness (QED) is 0.752. The fourth-order valence-electron chi connectivity index (χ4n) is 2.52. The van der Waals surface area contributed by atoms with Crippen molar-refractivity contribution in [3.63, 3.8) is 0 Å². The van der Waals surface area contributed by atoms with E-state index >= 15 is 0 Å². The molecule has 6 heteroatoms. The lowest BCUT2D eigenvalue weighted by molar-refractivity contribution is 0.0914. The molecule has 1 aromatic carbocycles. The average Bonchev–Trinajstić information content (AvgIpc) is 3.23. The van der Waals surface area contributed by atoms with Crippen molar-refractivity contribution in [1.29, 1.82) is 0 Å². The molecule has 0 aliphatic rings. The van der Waals surface area contributed by atoms with E-state index in [9.17, 15) is 9.90 Å². The van der Waals surface area contributed by atoms with Crippen LogP contribution in [0.5, 0.6) is 0 Å². The zero-order chi connectivity index (χ0) is 17.1. The van der Waals surface area contributed by atoms with E-state index in [1.165, 1.54) is 0 Å². The van der Waals surface area contributed by atoms with Crippen LogP contribution in [-0.4, -0.2) is 22.7 Å². The minimum absolute atomic E-state index is 0.100. The molecule has 0 spiro atoms. The van der Waals surface area contributed by atoms with Gasteiger partial charge in [0, 0.05) is 12.1 Å². The Labute approximate surface area is 139 Å². The second-order valence-electron chi connectivity index (χ2n) is 5.52. The number of rotatable bonds is 5. The SMILES string of the molecule is Cc1noc(C)c1C(=O)NC[C@H](O)c1ccc(-c2ccco2)cc1. The molecule has 2 N–H and O–H groups in total. The van der Waals surface area contributed by atoms with Gasteiger partial charge in [-0.15, -0.1) is 0 Å². The van der Waals surface area contributed by atoms with Gasteiger partial charge in [0.05, 0.1) is 18.1 Å². The number of hydrogen-bond acceptors (Lipinski definition) is 5. The summed E-state index contributed by atoms with van der Waals surface area (Å²) in [4.78, 5) is 12.2. The maximum Gasteiger partial charge on any atom is 0.256 e. The van der Waals surface area contributed by atoms with E-state index in [-0.39, 0.29) is 12.5 Å². The van der Waals surface area contributed by atoms with Gasteiger partial charge in [-0.1, -0.05) is 29.4 Å². The molecule has 0 unspecified atom stereocenters. The third-order valence-electron chi connectivity index (χ3n) is 3.82. The minimum Gasteiger partial charge on any atom is -0.464 e. The van der Waals surface area contributed by atoms with Crippen LogP contribution in [0.2, 0.25) is 0 Å². The first-order valence-electron chi connectivity index (χ1n) is 7.59. The zero-order valence-corrected chi connectivity index (χ0v) is 13.4. The van der Waals surface area contributed by atoms with Gasteiger partial charge in [-0.3, -0.25) is 4.79 Å². The molecule has 0 fully saturated rings. The lowest BCUT2D eigenvalue weighted by Gasteiger charge is -2.12. The first kappa shape index (κ1) is 16.0. The summed E-state index contributed by atoms with van der Waals surface area (Å²) in [6.45, 7) is 3.48. The summed E-state index contributed by atoms with van der Waals surface area (Å²) in [6, 6.07) is 11.0. The van der Waals surface area contributed by atoms with Gasteiger partial charge in [0.15, 0.2) is 0 Å². The Kier molecular flexibility index (Phi) is 4.48. The standard InChI is InChI=1S/C18H18N2O4/c1-11-17(12(2)24-20-11)18(22)19-10-15(21)13-5-7-14(8-6-13)16-4-3-9-23-16/h3-9,15,21H,10H2,1-2H3,(H,19,22)/t15-/m0/s1. The molecule has 0 saturated heterocycles. The van der Waals surface area contributed by atoms with Crippen LogP contribution in [0.25, 0.3) is 11.3 Å². The number of carbonyl (C=O) groups excluding carboxylic acids is 1. The largest absolute Gasteiger partial charge is 0.464 e. The van der Waals surface area contributed by atoms with Crippen molar-refractivity contribution < 1.29 is 18.8 Å². The van der Waals surface area contributed by atoms with Crippen LogP contribution in [-0.2, 0) is 0 Å². The van der Waals surface area contributed by atoms with E-state index in [1.54, 1.807) is 20.1 Å². The lowest BCUT2D eigenvalue weighted by atomic mass is 10.1. The van der Waals surface area contributed by atoms with Crippen LogP contribution in [0.3, 0.4) is 0 Å². The number of amides is 1. The Bertz CT molecular complexity index is 800. The number of furan rings is 1. The first-order valence-corrected chi connectivity index (χ1v) is 7.59. The van der Waals surface area contributed by atoms with Gasteiger partial charge in [-0.05, 0) is 31.5 Å². The molecule has 2 aromatic heterocycles. The van der Waals surface area contributed by atoms with Gasteiger partial charge in [0.1, 0.15) is 17.1 Å². The Balaban J connectivity index is 1.63. The van der Waals surface area contributed by atoms with Gasteiger partial charge in [0.25, 0.3) is 5.91 Å². The molecule has 6 nitrogen and oxygen atoms in total. The summed E-state index contributed by atoms with van der Waals surface area (Å²) in [5.41, 5.74) is 2.58. The number of hydrogen-bond donors (Lipinski definition) is 2. The van der Waals surface area contributed by atoms with Crippen molar-refractivity contribution in [1.82, 2.24) is 10.5 Å². The number of aliphatic hydroxyl groups excluding tert-OH is 1. The van der Waals surface area contributed by atoms with Crippen molar-refractivity contribution in [2.75, 3.05) is 6.54 Å². The maximum atomic E-state index is 12.2. The Morgan fingerprint density at radius 2 is 2.00 bits per heavy atom. The van der Waals surface area contributed by atoms with Gasteiger partial charge in [-0.2, -0.15) is 0 Å². The summed E-state index contributed by atoms with van der Waals surface area (Å²) in [5, 5.41) is 16.7. The van der Waals surface area contributed by atoms with Crippen LogP contribution < -0.4 is 5.32 Å². The summed E-state index contributed by atoms with van der Waals surface area (Å²) < 4.78 is 10.3. The Morgan fingerprint density at radius 1 is 1.25 bits per heavy atom. The zero-order valence-electron chi connectivity index (χ0n) is 13.4. The predicted molar refractivity (Wildman–Crippen MR) is 87.4 cm³/mol. The monoisotopic (exact) mass is 326 g/mol. The van der Waals surface area contributed by atoms with Gasteiger partial charge >= 0.3 is 0 Å². The predicted octanol–water partition coefficient (Wildman–Crippen LogP) is 3.01. The highest BCUT2D eigenvalue weighted by atomic mass is 16.5. The van der Waals surface area contributed by atoms with Crippen molar-refractivity contribution in [2.24, 2.45) is 0 Å². The molecule has 0 aliphatic carbocycles. The highest BCUT2D eigenvalue weighted by Crippen LogP contribution is 2.22. The molecule has 1 atom stereocenters. The van der Waals surface area contributed by atoms with Crippen molar-refractivity contribution in [2.45, 2.75) is 20.0 Å². The second-order valence-corrected chi connectivity index (χ2v) is 5.52. The first-order chi connectivity index (χ1) is 11.6. The molecule has 3 rings (SSSR count). The number of aromatic nitrogens is 1. The second kappa shape index (κ2) is 6.72. The van der Waals surface area contributed by atoms with E-state index in [2.05, 4.69) is 10.5 Å². The summed E-state index contributed by atoms with van der Waals surface area (Å²) >= 11 is 0. The van der Waals surface area contributed by atoms with Crippen LogP contribution in [0.1, 0.15) is 33.5 Å². The number of aryl methyl sites for hydroxylation is 2. The summed E-state index contributed by atoms with van der Waals surface area (Å²) in [5.74, 6) is 0.919. The van der Waals surface area contributed by atoms with E-state index in [0.717, 1.165) is 11.3 Å². The van der Waals surface area contributed by atoms with Crippen LogP contribution in [0.15, 0.2) is 51.6 Å². The van der Waals surface area contributed by atoms with Crippen LogP contribution >= 0.6 is 0 Å². The third kappa shape index (κ3) is 3.23. The topological polar surface area (TPSA) is 88.5 Å². The number of aliphatic hydroxyl groups is 1. The fraction of sp³-hybridized carbons (Fsp3) is 0.222. The Hall–Kier alpha value is -2.86. The molecule has 0 aliphatic heterocycles. The van der Waals surface area contributed by atoms with Crippen molar-refractivity contribution >= 4 is 5.91 Å². The van der Waals surface area contributed by atoms with Gasteiger partial charge in [0.2, 0.25) is 0 Å². The van der Waals surface area contributed by atoms with Crippen molar-refractivity contribution in [3.8, 4) is 11.3 Å². The van der Waals surface area contributed by atoms with Crippen LogP contribution in [0.4, 0.5) is 0 Å². The summed E-state index contributed by atoms with van der Waals surface area (Å²) in [7, 11) is 0. The van der Waals surface area contributed by atoms with E-state index in [4.69, 9.17) is 8.94 Å². The highest BCUT2D eigenvalue weighted by Gasteiger charge is 2.18. The Morgan fingerprint density at radius 3 is 2.58 bits per heavy atom. The van der Waals surface area contributed by atoms with E-state index < -0.39 is 6.10 Å². The highest BCUT2D eigenvalue weighted by molar-refractivity contribution is 5.96.